The molecule has 3 rings (SSSR count). The molecule has 0 unspecified atom stereocenters. The van der Waals surface area contributed by atoms with Gasteiger partial charge in [0.1, 0.15) is 0 Å². The molecule has 1 aromatic carbocycles. The SMILES string of the molecule is Cc1ccnc2c1c(C)cc1cccnc12. The minimum atomic E-state index is 0.992. The average Bonchev–Trinajstić information content (AvgIpc) is 2.29. The summed E-state index contributed by atoms with van der Waals surface area (Å²) in [6.07, 6.45) is 3.67. The Balaban J connectivity index is 2.65. The van der Waals surface area contributed by atoms with E-state index in [0.29, 0.717) is 0 Å². The predicted molar refractivity (Wildman–Crippen MR) is 66.5 cm³/mol. The molecule has 0 aliphatic carbocycles. The van der Waals surface area contributed by atoms with Crippen LogP contribution in [-0.2, 0) is 0 Å². The number of aromatic nitrogens is 2. The van der Waals surface area contributed by atoms with Crippen LogP contribution in [0.25, 0.3) is 21.8 Å². The highest BCUT2D eigenvalue weighted by Gasteiger charge is 2.07. The van der Waals surface area contributed by atoms with E-state index in [1.165, 1.54) is 16.5 Å². The minimum absolute atomic E-state index is 0.992. The third-order valence-electron chi connectivity index (χ3n) is 2.99. The Labute approximate surface area is 94.0 Å². The number of rotatable bonds is 0. The lowest BCUT2D eigenvalue weighted by Gasteiger charge is -2.07. The topological polar surface area (TPSA) is 25.8 Å². The van der Waals surface area contributed by atoms with Gasteiger partial charge in [-0.2, -0.15) is 0 Å². The van der Waals surface area contributed by atoms with Crippen molar-refractivity contribution in [3.05, 3.63) is 47.8 Å². The molecule has 2 heteroatoms. The zero-order chi connectivity index (χ0) is 11.1. The lowest BCUT2D eigenvalue weighted by Crippen LogP contribution is -1.90. The molecule has 16 heavy (non-hydrogen) atoms. The van der Waals surface area contributed by atoms with E-state index in [9.17, 15) is 0 Å². The van der Waals surface area contributed by atoms with Crippen molar-refractivity contribution in [2.24, 2.45) is 0 Å². The summed E-state index contributed by atoms with van der Waals surface area (Å²) >= 11 is 0. The zero-order valence-electron chi connectivity index (χ0n) is 9.36. The highest BCUT2D eigenvalue weighted by atomic mass is 14.7. The van der Waals surface area contributed by atoms with Crippen LogP contribution in [0, 0.1) is 13.8 Å². The second-order valence-electron chi connectivity index (χ2n) is 4.12. The summed E-state index contributed by atoms with van der Waals surface area (Å²) in [6.45, 7) is 4.25. The van der Waals surface area contributed by atoms with Gasteiger partial charge in [-0.25, -0.2) is 0 Å². The van der Waals surface area contributed by atoms with Crippen molar-refractivity contribution >= 4 is 21.8 Å². The van der Waals surface area contributed by atoms with Crippen molar-refractivity contribution in [3.63, 3.8) is 0 Å². The Hall–Kier alpha value is -1.96. The van der Waals surface area contributed by atoms with Gasteiger partial charge >= 0.3 is 0 Å². The molecule has 0 aliphatic heterocycles. The Bertz CT molecular complexity index is 687. The first-order chi connectivity index (χ1) is 7.77. The van der Waals surface area contributed by atoms with Crippen LogP contribution in [-0.4, -0.2) is 9.97 Å². The summed E-state index contributed by atoms with van der Waals surface area (Å²) in [7, 11) is 0. The third kappa shape index (κ3) is 1.20. The van der Waals surface area contributed by atoms with Crippen LogP contribution in [0.5, 0.6) is 0 Å². The smallest absolute Gasteiger partial charge is 0.0969 e. The first-order valence-electron chi connectivity index (χ1n) is 5.37. The number of hydrogen-bond acceptors (Lipinski definition) is 2. The van der Waals surface area contributed by atoms with Crippen molar-refractivity contribution in [1.29, 1.82) is 0 Å². The minimum Gasteiger partial charge on any atom is -0.254 e. The standard InChI is InChI=1S/C14H12N2/c1-9-5-7-16-14-12(9)10(2)8-11-4-3-6-15-13(11)14/h3-8H,1-2H3. The number of pyridine rings is 2. The summed E-state index contributed by atoms with van der Waals surface area (Å²) in [5.41, 5.74) is 4.53. The van der Waals surface area contributed by atoms with Crippen molar-refractivity contribution in [2.75, 3.05) is 0 Å². The van der Waals surface area contributed by atoms with Gasteiger partial charge in [-0.1, -0.05) is 6.07 Å². The van der Waals surface area contributed by atoms with Crippen LogP contribution in [0.4, 0.5) is 0 Å². The molecule has 78 valence electrons. The molecular weight excluding hydrogens is 196 g/mol. The van der Waals surface area contributed by atoms with Gasteiger partial charge in [0.2, 0.25) is 0 Å². The fourth-order valence-electron chi connectivity index (χ4n) is 2.27. The second-order valence-corrected chi connectivity index (χ2v) is 4.12. The summed E-state index contributed by atoms with van der Waals surface area (Å²) < 4.78 is 0. The van der Waals surface area contributed by atoms with Crippen molar-refractivity contribution in [2.45, 2.75) is 13.8 Å². The van der Waals surface area contributed by atoms with Gasteiger partial charge in [0, 0.05) is 23.2 Å². The first-order valence-corrected chi connectivity index (χ1v) is 5.37. The van der Waals surface area contributed by atoms with Gasteiger partial charge in [0.25, 0.3) is 0 Å². The molecule has 0 atom stereocenters. The van der Waals surface area contributed by atoms with E-state index in [0.717, 1.165) is 16.4 Å². The quantitative estimate of drug-likeness (QED) is 0.529. The molecule has 0 saturated heterocycles. The van der Waals surface area contributed by atoms with Crippen LogP contribution in [0.2, 0.25) is 0 Å². The molecule has 2 nitrogen and oxygen atoms in total. The molecule has 0 spiro atoms. The van der Waals surface area contributed by atoms with Crippen LogP contribution in [0.1, 0.15) is 11.1 Å². The molecule has 0 fully saturated rings. The third-order valence-corrected chi connectivity index (χ3v) is 2.99. The maximum atomic E-state index is 4.47. The van der Waals surface area contributed by atoms with E-state index in [4.69, 9.17) is 0 Å². The number of hydrogen-bond donors (Lipinski definition) is 0. The Morgan fingerprint density at radius 2 is 1.69 bits per heavy atom. The van der Waals surface area contributed by atoms with E-state index in [1.54, 1.807) is 0 Å². The average molecular weight is 208 g/mol. The summed E-state index contributed by atoms with van der Waals surface area (Å²) in [5, 5.41) is 2.39. The van der Waals surface area contributed by atoms with Gasteiger partial charge in [-0.05, 0) is 43.2 Å². The summed E-state index contributed by atoms with van der Waals surface area (Å²) in [5.74, 6) is 0. The van der Waals surface area contributed by atoms with Gasteiger partial charge < -0.3 is 0 Å². The molecule has 0 saturated carbocycles. The number of aryl methyl sites for hydroxylation is 2. The second kappa shape index (κ2) is 3.27. The molecule has 0 N–H and O–H groups in total. The monoisotopic (exact) mass is 208 g/mol. The van der Waals surface area contributed by atoms with Gasteiger partial charge in [0.15, 0.2) is 0 Å². The van der Waals surface area contributed by atoms with Gasteiger partial charge in [0.05, 0.1) is 11.0 Å². The first kappa shape index (κ1) is 9.28. The number of fused-ring (bicyclic) bond motifs is 3. The van der Waals surface area contributed by atoms with Crippen LogP contribution >= 0.6 is 0 Å². The maximum Gasteiger partial charge on any atom is 0.0969 e. The Morgan fingerprint density at radius 3 is 2.56 bits per heavy atom. The van der Waals surface area contributed by atoms with Crippen molar-refractivity contribution in [3.8, 4) is 0 Å². The van der Waals surface area contributed by atoms with E-state index in [1.807, 2.05) is 24.5 Å². The maximum absolute atomic E-state index is 4.47. The summed E-state index contributed by atoms with van der Waals surface area (Å²) in [4.78, 5) is 8.90. The predicted octanol–water partition coefficient (Wildman–Crippen LogP) is 3.40. The fourth-order valence-corrected chi connectivity index (χ4v) is 2.27. The van der Waals surface area contributed by atoms with Gasteiger partial charge in [-0.15, -0.1) is 0 Å². The molecule has 3 aromatic rings. The lowest BCUT2D eigenvalue weighted by atomic mass is 10.0. The molecule has 2 aromatic heterocycles. The van der Waals surface area contributed by atoms with E-state index in [-0.39, 0.29) is 0 Å². The van der Waals surface area contributed by atoms with E-state index >= 15 is 0 Å². The van der Waals surface area contributed by atoms with Crippen LogP contribution in [0.3, 0.4) is 0 Å². The molecule has 0 bridgehead atoms. The van der Waals surface area contributed by atoms with E-state index < -0.39 is 0 Å². The number of benzene rings is 1. The highest BCUT2D eigenvalue weighted by Crippen LogP contribution is 2.27. The Kier molecular flexibility index (Phi) is 1.90. The number of nitrogens with zero attached hydrogens (tertiary/aromatic N) is 2. The molecule has 0 amide bonds. The van der Waals surface area contributed by atoms with Gasteiger partial charge in [-0.3, -0.25) is 9.97 Å². The Morgan fingerprint density at radius 1 is 0.875 bits per heavy atom. The summed E-state index contributed by atoms with van der Waals surface area (Å²) in [6, 6.07) is 8.27. The molecule has 2 heterocycles. The normalized spacial score (nSPS) is 11.1. The van der Waals surface area contributed by atoms with Crippen molar-refractivity contribution in [1.82, 2.24) is 9.97 Å². The lowest BCUT2D eigenvalue weighted by molar-refractivity contribution is 1.33. The van der Waals surface area contributed by atoms with Crippen LogP contribution in [0.15, 0.2) is 36.7 Å². The highest BCUT2D eigenvalue weighted by molar-refractivity contribution is 6.05. The molecule has 0 radical (unpaired) electrons. The zero-order valence-corrected chi connectivity index (χ0v) is 9.36. The van der Waals surface area contributed by atoms with E-state index in [2.05, 4.69) is 35.9 Å². The van der Waals surface area contributed by atoms with Crippen molar-refractivity contribution < 1.29 is 0 Å². The van der Waals surface area contributed by atoms with Crippen LogP contribution < -0.4 is 0 Å². The molecule has 0 aliphatic rings. The fraction of sp³-hybridized carbons (Fsp3) is 0.143. The largest absolute Gasteiger partial charge is 0.254 e. The molecular formula is C14H12N2.